The fourth-order valence-electron chi connectivity index (χ4n) is 3.68. The average molecular weight is 453 g/mol. The van der Waals surface area contributed by atoms with Gasteiger partial charge in [0.15, 0.2) is 12.1 Å². The Morgan fingerprint density at radius 1 is 1.09 bits per heavy atom. The van der Waals surface area contributed by atoms with Crippen LogP contribution < -0.4 is 9.64 Å². The van der Waals surface area contributed by atoms with Crippen molar-refractivity contribution in [2.45, 2.75) is 25.6 Å². The highest BCUT2D eigenvalue weighted by atomic mass is 35.5. The summed E-state index contributed by atoms with van der Waals surface area (Å²) in [5.41, 5.74) is 1.07. The number of carbonyl (C=O) groups is 2. The van der Waals surface area contributed by atoms with Crippen LogP contribution in [0.25, 0.3) is 11.4 Å². The Morgan fingerprint density at radius 3 is 2.62 bits per heavy atom. The number of halogens is 1. The summed E-state index contributed by atoms with van der Waals surface area (Å²) in [5, 5.41) is 13.8. The van der Waals surface area contributed by atoms with E-state index in [0.29, 0.717) is 34.5 Å². The first-order chi connectivity index (χ1) is 15.6. The van der Waals surface area contributed by atoms with Gasteiger partial charge in [-0.2, -0.15) is 10.1 Å². The van der Waals surface area contributed by atoms with E-state index < -0.39 is 23.9 Å². The van der Waals surface area contributed by atoms with Crippen molar-refractivity contribution in [3.8, 4) is 17.1 Å². The van der Waals surface area contributed by atoms with E-state index in [2.05, 4.69) is 20.5 Å². The van der Waals surface area contributed by atoms with Gasteiger partial charge in [-0.1, -0.05) is 34.1 Å². The molecule has 0 aliphatic carbocycles. The molecule has 2 atom stereocenters. The van der Waals surface area contributed by atoms with E-state index in [9.17, 15) is 9.59 Å². The Bertz CT molecular complexity index is 1210. The molecule has 5 rings (SSSR count). The van der Waals surface area contributed by atoms with Crippen LogP contribution in [0, 0.1) is 0 Å². The highest BCUT2D eigenvalue weighted by Crippen LogP contribution is 2.33. The Morgan fingerprint density at radius 2 is 1.88 bits per heavy atom. The first-order valence-electron chi connectivity index (χ1n) is 9.92. The summed E-state index contributed by atoms with van der Waals surface area (Å²) in [5.74, 6) is 0.350. The number of ether oxygens (including phenoxy) is 1. The second-order valence-corrected chi connectivity index (χ2v) is 7.53. The summed E-state index contributed by atoms with van der Waals surface area (Å²) in [6.45, 7) is 2.43. The third kappa shape index (κ3) is 3.38. The van der Waals surface area contributed by atoms with Crippen molar-refractivity contribution in [2.75, 3.05) is 11.5 Å². The van der Waals surface area contributed by atoms with Crippen LogP contribution in [-0.4, -0.2) is 45.7 Å². The van der Waals surface area contributed by atoms with Crippen LogP contribution in [0.2, 0.25) is 5.02 Å². The molecule has 3 aromatic rings. The number of amides is 2. The van der Waals surface area contributed by atoms with Crippen LogP contribution in [0.5, 0.6) is 5.75 Å². The summed E-state index contributed by atoms with van der Waals surface area (Å²) in [7, 11) is 0. The number of fused-ring (bicyclic) bond motifs is 1. The maximum Gasteiger partial charge on any atom is 0.263 e. The number of benzene rings is 2. The van der Waals surface area contributed by atoms with Gasteiger partial charge in [0.05, 0.1) is 17.3 Å². The maximum absolute atomic E-state index is 13.1. The smallest absolute Gasteiger partial charge is 0.263 e. The Hall–Kier alpha value is -3.79. The van der Waals surface area contributed by atoms with Crippen LogP contribution in [0.4, 0.5) is 5.69 Å². The van der Waals surface area contributed by atoms with E-state index >= 15 is 0 Å². The molecule has 1 aromatic heterocycles. The van der Waals surface area contributed by atoms with Gasteiger partial charge in [0.1, 0.15) is 12.3 Å². The fourth-order valence-corrected chi connectivity index (χ4v) is 3.90. The molecule has 3 heterocycles. The van der Waals surface area contributed by atoms with E-state index in [0.717, 1.165) is 4.90 Å². The maximum atomic E-state index is 13.1. The van der Waals surface area contributed by atoms with E-state index in [1.165, 1.54) is 5.01 Å². The normalized spacial score (nSPS) is 19.7. The van der Waals surface area contributed by atoms with Crippen molar-refractivity contribution in [3.63, 3.8) is 0 Å². The van der Waals surface area contributed by atoms with Gasteiger partial charge >= 0.3 is 0 Å². The van der Waals surface area contributed by atoms with Crippen molar-refractivity contribution < 1.29 is 18.8 Å². The van der Waals surface area contributed by atoms with Gasteiger partial charge in [-0.3, -0.25) is 14.6 Å². The molecule has 11 heteroatoms. The number of nitrogens with zero attached hydrogens (tertiary/aromatic N) is 6. The molecule has 0 unspecified atom stereocenters. The zero-order valence-corrected chi connectivity index (χ0v) is 17.6. The van der Waals surface area contributed by atoms with Crippen LogP contribution in [-0.2, 0) is 16.1 Å². The highest BCUT2D eigenvalue weighted by molar-refractivity contribution is 6.33. The van der Waals surface area contributed by atoms with Crippen molar-refractivity contribution in [3.05, 3.63) is 59.4 Å². The minimum absolute atomic E-state index is 0.0260. The molecule has 0 bridgehead atoms. The molecular weight excluding hydrogens is 436 g/mol. The fraction of sp³-hybridized carbons (Fsp3) is 0.238. The number of aromatic nitrogens is 2. The minimum atomic E-state index is -0.917. The molecule has 162 valence electrons. The number of rotatable bonds is 6. The molecule has 2 aromatic carbocycles. The molecule has 1 fully saturated rings. The van der Waals surface area contributed by atoms with Crippen molar-refractivity contribution in [1.82, 2.24) is 15.1 Å². The van der Waals surface area contributed by atoms with Gasteiger partial charge in [0, 0.05) is 5.56 Å². The minimum Gasteiger partial charge on any atom is -0.494 e. The first kappa shape index (κ1) is 20.1. The largest absolute Gasteiger partial charge is 0.494 e. The molecule has 32 heavy (non-hydrogen) atoms. The molecule has 2 aliphatic rings. The Labute approximate surface area is 187 Å². The molecule has 0 N–H and O–H groups in total. The number of anilines is 1. The van der Waals surface area contributed by atoms with Crippen LogP contribution in [0.1, 0.15) is 12.8 Å². The van der Waals surface area contributed by atoms with E-state index in [4.69, 9.17) is 20.9 Å². The second-order valence-electron chi connectivity index (χ2n) is 7.12. The van der Waals surface area contributed by atoms with Crippen LogP contribution >= 0.6 is 11.6 Å². The predicted octanol–water partition coefficient (Wildman–Crippen LogP) is 3.28. The lowest BCUT2D eigenvalue weighted by Gasteiger charge is -2.19. The van der Waals surface area contributed by atoms with Gasteiger partial charge in [-0.05, 0) is 43.3 Å². The third-order valence-corrected chi connectivity index (χ3v) is 5.47. The van der Waals surface area contributed by atoms with Gasteiger partial charge < -0.3 is 9.26 Å². The second kappa shape index (κ2) is 8.04. The van der Waals surface area contributed by atoms with E-state index in [1.54, 1.807) is 42.5 Å². The summed E-state index contributed by atoms with van der Waals surface area (Å²) >= 11 is 6.19. The molecular formula is C21H17ClN6O4. The number of hydrogen-bond acceptors (Lipinski definition) is 9. The SMILES string of the molecule is CCOc1ccc(N2C(=O)[C@H]3N=NN(Cc4nc(-c5ccccc5Cl)no4)[C@H]3C2=O)cc1. The molecule has 0 spiro atoms. The monoisotopic (exact) mass is 452 g/mol. The number of imide groups is 1. The predicted molar refractivity (Wildman–Crippen MR) is 113 cm³/mol. The summed E-state index contributed by atoms with van der Waals surface area (Å²) in [4.78, 5) is 31.4. The third-order valence-electron chi connectivity index (χ3n) is 5.14. The van der Waals surface area contributed by atoms with Gasteiger partial charge in [0.2, 0.25) is 11.7 Å². The molecule has 2 amide bonds. The van der Waals surface area contributed by atoms with Gasteiger partial charge in [-0.25, -0.2) is 4.90 Å². The lowest BCUT2D eigenvalue weighted by atomic mass is 10.1. The van der Waals surface area contributed by atoms with E-state index in [-0.39, 0.29) is 12.4 Å². The van der Waals surface area contributed by atoms with Crippen molar-refractivity contribution in [1.29, 1.82) is 0 Å². The van der Waals surface area contributed by atoms with Crippen molar-refractivity contribution >= 4 is 29.1 Å². The van der Waals surface area contributed by atoms with E-state index in [1.807, 2.05) is 13.0 Å². The van der Waals surface area contributed by atoms with Crippen LogP contribution in [0.3, 0.4) is 0 Å². The van der Waals surface area contributed by atoms with Crippen molar-refractivity contribution in [2.24, 2.45) is 10.3 Å². The molecule has 0 radical (unpaired) electrons. The average Bonchev–Trinajstić information content (AvgIpc) is 3.48. The molecule has 0 saturated carbocycles. The zero-order chi connectivity index (χ0) is 22.2. The van der Waals surface area contributed by atoms with Gasteiger partial charge in [-0.15, -0.1) is 0 Å². The first-order valence-corrected chi connectivity index (χ1v) is 10.3. The zero-order valence-electron chi connectivity index (χ0n) is 16.9. The quantitative estimate of drug-likeness (QED) is 0.527. The molecule has 10 nitrogen and oxygen atoms in total. The summed E-state index contributed by atoms with van der Waals surface area (Å²) in [6, 6.07) is 12.1. The standard InChI is InChI=1S/C21H17ClN6O4/c1-2-31-13-9-7-12(8-10-13)28-20(29)17-18(21(28)30)27(26-24-17)11-16-23-19(25-32-16)14-5-3-4-6-15(14)22/h3-10,17-18H,2,11H2,1H3/t17-,18+/m0/s1. The molecule has 1 saturated heterocycles. The number of hydrogen-bond donors (Lipinski definition) is 0. The Kier molecular flexibility index (Phi) is 5.06. The molecule has 2 aliphatic heterocycles. The Balaban J connectivity index is 1.34. The summed E-state index contributed by atoms with van der Waals surface area (Å²) in [6.07, 6.45) is 0. The topological polar surface area (TPSA) is 113 Å². The highest BCUT2D eigenvalue weighted by Gasteiger charge is 2.55. The lowest BCUT2D eigenvalue weighted by molar-refractivity contribution is -0.123. The lowest BCUT2D eigenvalue weighted by Crippen LogP contribution is -2.39. The number of carbonyl (C=O) groups excluding carboxylic acids is 2. The summed E-state index contributed by atoms with van der Waals surface area (Å²) < 4.78 is 10.7. The van der Waals surface area contributed by atoms with Crippen LogP contribution in [0.15, 0.2) is 63.4 Å². The van der Waals surface area contributed by atoms with Gasteiger partial charge in [0.25, 0.3) is 11.8 Å².